The highest BCUT2D eigenvalue weighted by Gasteiger charge is 2.30. The van der Waals surface area contributed by atoms with Gasteiger partial charge in [0.25, 0.3) is 11.8 Å². The SMILES string of the molecule is CCn1nccc1C(=O)N1CCCN(C(=O)c2ccnn2CC)c2ccccc21. The molecule has 0 aliphatic carbocycles. The molecule has 0 fully saturated rings. The van der Waals surface area contributed by atoms with Crippen LogP contribution in [0.15, 0.2) is 48.8 Å². The van der Waals surface area contributed by atoms with Gasteiger partial charge in [0.15, 0.2) is 0 Å². The second-order valence-electron chi connectivity index (χ2n) is 6.82. The Bertz CT molecular complexity index is 956. The molecule has 8 nitrogen and oxygen atoms in total. The van der Waals surface area contributed by atoms with Gasteiger partial charge in [-0.2, -0.15) is 10.2 Å². The van der Waals surface area contributed by atoms with Crippen LogP contribution in [0.1, 0.15) is 41.2 Å². The van der Waals surface area contributed by atoms with Gasteiger partial charge in [-0.05, 0) is 44.5 Å². The Morgan fingerprint density at radius 1 is 0.793 bits per heavy atom. The van der Waals surface area contributed by atoms with Gasteiger partial charge in [0.05, 0.1) is 11.4 Å². The third kappa shape index (κ3) is 3.30. The standard InChI is InChI=1S/C21H24N6O2/c1-3-26-18(10-12-22-26)20(28)24-14-7-15-25(17-9-6-5-8-16(17)24)21(29)19-11-13-23-27(19)4-2/h5-6,8-13H,3-4,7,14-15H2,1-2H3. The minimum Gasteiger partial charge on any atom is -0.305 e. The lowest BCUT2D eigenvalue weighted by Gasteiger charge is -2.25. The van der Waals surface area contributed by atoms with E-state index in [-0.39, 0.29) is 11.8 Å². The Morgan fingerprint density at radius 3 is 1.66 bits per heavy atom. The van der Waals surface area contributed by atoms with Crippen LogP contribution in [-0.2, 0) is 13.1 Å². The van der Waals surface area contributed by atoms with Gasteiger partial charge in [-0.15, -0.1) is 0 Å². The van der Waals surface area contributed by atoms with E-state index in [1.807, 2.05) is 38.1 Å². The van der Waals surface area contributed by atoms with Crippen LogP contribution in [0.25, 0.3) is 0 Å². The third-order valence-electron chi connectivity index (χ3n) is 5.19. The summed E-state index contributed by atoms with van der Waals surface area (Å²) >= 11 is 0. The summed E-state index contributed by atoms with van der Waals surface area (Å²) in [5.74, 6) is -0.214. The number of carbonyl (C=O) groups excluding carboxylic acids is 2. The van der Waals surface area contributed by atoms with E-state index in [4.69, 9.17) is 0 Å². The van der Waals surface area contributed by atoms with Gasteiger partial charge >= 0.3 is 0 Å². The molecule has 1 aromatic carbocycles. The van der Waals surface area contributed by atoms with E-state index >= 15 is 0 Å². The molecule has 0 bridgehead atoms. The van der Waals surface area contributed by atoms with E-state index in [2.05, 4.69) is 10.2 Å². The molecule has 3 heterocycles. The highest BCUT2D eigenvalue weighted by atomic mass is 16.2. The summed E-state index contributed by atoms with van der Waals surface area (Å²) in [7, 11) is 0. The number of benzene rings is 1. The highest BCUT2D eigenvalue weighted by Crippen LogP contribution is 2.34. The van der Waals surface area contributed by atoms with Crippen LogP contribution in [0.4, 0.5) is 11.4 Å². The fraction of sp³-hybridized carbons (Fsp3) is 0.333. The normalized spacial score (nSPS) is 13.9. The van der Waals surface area contributed by atoms with E-state index in [9.17, 15) is 9.59 Å². The lowest BCUT2D eigenvalue weighted by atomic mass is 10.2. The molecule has 4 rings (SSSR count). The van der Waals surface area contributed by atoms with Gasteiger partial charge in [0.2, 0.25) is 0 Å². The zero-order valence-corrected chi connectivity index (χ0v) is 16.7. The predicted octanol–water partition coefficient (Wildman–Crippen LogP) is 2.82. The topological polar surface area (TPSA) is 76.3 Å². The fourth-order valence-corrected chi connectivity index (χ4v) is 3.78. The number of hydrogen-bond acceptors (Lipinski definition) is 4. The molecule has 2 aromatic heterocycles. The van der Waals surface area contributed by atoms with Crippen LogP contribution in [-0.4, -0.2) is 44.5 Å². The molecule has 1 aliphatic heterocycles. The molecule has 0 saturated carbocycles. The molecule has 0 spiro atoms. The van der Waals surface area contributed by atoms with Crippen molar-refractivity contribution in [2.45, 2.75) is 33.4 Å². The summed E-state index contributed by atoms with van der Waals surface area (Å²) in [5.41, 5.74) is 2.56. The first-order valence-electron chi connectivity index (χ1n) is 9.92. The maximum Gasteiger partial charge on any atom is 0.276 e. The fourth-order valence-electron chi connectivity index (χ4n) is 3.78. The zero-order valence-electron chi connectivity index (χ0n) is 16.7. The van der Waals surface area contributed by atoms with Gasteiger partial charge in [0.1, 0.15) is 11.4 Å². The van der Waals surface area contributed by atoms with Gasteiger partial charge in [0, 0.05) is 38.6 Å². The molecule has 8 heteroatoms. The third-order valence-corrected chi connectivity index (χ3v) is 5.19. The number of nitrogens with zero attached hydrogens (tertiary/aromatic N) is 6. The molecule has 29 heavy (non-hydrogen) atoms. The Balaban J connectivity index is 1.73. The quantitative estimate of drug-likeness (QED) is 0.684. The van der Waals surface area contributed by atoms with Crippen molar-refractivity contribution in [1.29, 1.82) is 0 Å². The Hall–Kier alpha value is -3.42. The zero-order chi connectivity index (χ0) is 20.4. The van der Waals surface area contributed by atoms with Gasteiger partial charge in [-0.3, -0.25) is 19.0 Å². The first-order chi connectivity index (χ1) is 14.2. The molecule has 0 radical (unpaired) electrons. The summed E-state index contributed by atoms with van der Waals surface area (Å²) in [6, 6.07) is 11.0. The second kappa shape index (κ2) is 7.90. The van der Waals surface area contributed by atoms with Crippen LogP contribution >= 0.6 is 0 Å². The number of carbonyl (C=O) groups is 2. The largest absolute Gasteiger partial charge is 0.305 e. The van der Waals surface area contributed by atoms with Crippen LogP contribution in [0.2, 0.25) is 0 Å². The molecule has 0 N–H and O–H groups in total. The van der Waals surface area contributed by atoms with Crippen LogP contribution < -0.4 is 9.80 Å². The van der Waals surface area contributed by atoms with Crippen LogP contribution in [0.3, 0.4) is 0 Å². The van der Waals surface area contributed by atoms with Crippen molar-refractivity contribution >= 4 is 23.2 Å². The maximum atomic E-state index is 13.3. The molecule has 0 saturated heterocycles. The number of fused-ring (bicyclic) bond motifs is 1. The van der Waals surface area contributed by atoms with Crippen molar-refractivity contribution < 1.29 is 9.59 Å². The first kappa shape index (κ1) is 18.9. The molecule has 3 aromatic rings. The number of para-hydroxylation sites is 2. The van der Waals surface area contributed by atoms with E-state index in [0.717, 1.165) is 11.4 Å². The monoisotopic (exact) mass is 392 g/mol. The van der Waals surface area contributed by atoms with Crippen molar-refractivity contribution in [3.63, 3.8) is 0 Å². The van der Waals surface area contributed by atoms with Crippen molar-refractivity contribution in [1.82, 2.24) is 19.6 Å². The summed E-state index contributed by atoms with van der Waals surface area (Å²) in [5, 5.41) is 8.44. The maximum absolute atomic E-state index is 13.3. The summed E-state index contributed by atoms with van der Waals surface area (Å²) < 4.78 is 3.39. The minimum absolute atomic E-state index is 0.107. The number of aryl methyl sites for hydroxylation is 2. The average molecular weight is 392 g/mol. The molecule has 0 unspecified atom stereocenters. The highest BCUT2D eigenvalue weighted by molar-refractivity contribution is 6.11. The summed E-state index contributed by atoms with van der Waals surface area (Å²) in [6.07, 6.45) is 3.96. The van der Waals surface area contributed by atoms with E-state index in [1.54, 1.807) is 43.7 Å². The van der Waals surface area contributed by atoms with Crippen LogP contribution in [0.5, 0.6) is 0 Å². The lowest BCUT2D eigenvalue weighted by molar-refractivity contribution is 0.0971. The number of aromatic nitrogens is 4. The van der Waals surface area contributed by atoms with Crippen molar-refractivity contribution in [2.75, 3.05) is 22.9 Å². The number of amides is 2. The Labute approximate surface area is 169 Å². The molecule has 1 aliphatic rings. The summed E-state index contributed by atoms with van der Waals surface area (Å²) in [4.78, 5) is 30.1. The van der Waals surface area contributed by atoms with E-state index in [1.165, 1.54) is 0 Å². The minimum atomic E-state index is -0.107. The number of anilines is 2. The van der Waals surface area contributed by atoms with Crippen molar-refractivity contribution in [3.8, 4) is 0 Å². The summed E-state index contributed by atoms with van der Waals surface area (Å²) in [6.45, 7) is 6.21. The average Bonchev–Trinajstić information content (AvgIpc) is 3.38. The molecule has 150 valence electrons. The molecular formula is C21H24N6O2. The Kier molecular flexibility index (Phi) is 5.16. The number of rotatable bonds is 4. The molecule has 0 atom stereocenters. The van der Waals surface area contributed by atoms with E-state index in [0.29, 0.717) is 44.0 Å². The second-order valence-corrected chi connectivity index (χ2v) is 6.82. The van der Waals surface area contributed by atoms with Crippen molar-refractivity contribution in [3.05, 3.63) is 60.2 Å². The van der Waals surface area contributed by atoms with Gasteiger partial charge < -0.3 is 9.80 Å². The van der Waals surface area contributed by atoms with E-state index < -0.39 is 0 Å². The Morgan fingerprint density at radius 2 is 1.24 bits per heavy atom. The van der Waals surface area contributed by atoms with Gasteiger partial charge in [-0.1, -0.05) is 12.1 Å². The smallest absolute Gasteiger partial charge is 0.276 e. The predicted molar refractivity (Wildman–Crippen MR) is 110 cm³/mol. The first-order valence-corrected chi connectivity index (χ1v) is 9.92. The van der Waals surface area contributed by atoms with Crippen molar-refractivity contribution in [2.24, 2.45) is 0 Å². The lowest BCUT2D eigenvalue weighted by Crippen LogP contribution is -2.33. The molecular weight excluding hydrogens is 368 g/mol. The molecule has 2 amide bonds. The van der Waals surface area contributed by atoms with Crippen LogP contribution in [0, 0.1) is 0 Å². The number of hydrogen-bond donors (Lipinski definition) is 0. The van der Waals surface area contributed by atoms with Gasteiger partial charge in [-0.25, -0.2) is 0 Å².